The molecule has 1 aliphatic heterocycles. The molecule has 0 amide bonds. The van der Waals surface area contributed by atoms with Gasteiger partial charge in [0.15, 0.2) is 0 Å². The van der Waals surface area contributed by atoms with E-state index in [1.807, 2.05) is 0 Å². The number of hydrogen-bond acceptors (Lipinski definition) is 1. The van der Waals surface area contributed by atoms with Gasteiger partial charge in [0, 0.05) is 45.0 Å². The van der Waals surface area contributed by atoms with E-state index >= 15 is 0 Å². The Balaban J connectivity index is 1.17. The fourth-order valence-corrected chi connectivity index (χ4v) is 6.74. The Bertz CT molecular complexity index is 1820. The highest BCUT2D eigenvalue weighted by molar-refractivity contribution is 6.00. The number of rotatable bonds is 3. The molecule has 1 aromatic heterocycles. The Kier molecular flexibility index (Phi) is 5.03. The minimum Gasteiger partial charge on any atom is -0.358 e. The second-order valence-electron chi connectivity index (χ2n) is 11.1. The van der Waals surface area contributed by atoms with Gasteiger partial charge in [0.25, 0.3) is 0 Å². The van der Waals surface area contributed by atoms with Crippen molar-refractivity contribution in [3.63, 3.8) is 0 Å². The Hall–Kier alpha value is -4.56. The Morgan fingerprint density at radius 2 is 1.54 bits per heavy atom. The van der Waals surface area contributed by atoms with E-state index in [9.17, 15) is 0 Å². The first-order valence-electron chi connectivity index (χ1n) is 14.0. The quantitative estimate of drug-likeness (QED) is 0.260. The number of H-pyrrole nitrogens is 1. The molecule has 0 saturated carbocycles. The van der Waals surface area contributed by atoms with Crippen LogP contribution in [0.25, 0.3) is 39.3 Å². The van der Waals surface area contributed by atoms with Crippen LogP contribution in [0.2, 0.25) is 0 Å². The van der Waals surface area contributed by atoms with Crippen molar-refractivity contribution in [2.45, 2.75) is 31.7 Å². The van der Waals surface area contributed by atoms with Crippen molar-refractivity contribution < 1.29 is 0 Å². The summed E-state index contributed by atoms with van der Waals surface area (Å²) in [7, 11) is 0. The topological polar surface area (TPSA) is 19.0 Å². The lowest BCUT2D eigenvalue weighted by molar-refractivity contribution is 0.750. The lowest BCUT2D eigenvalue weighted by atomic mass is 9.88. The molecule has 0 radical (unpaired) electrons. The molecule has 0 bridgehead atoms. The maximum atomic E-state index is 3.69. The van der Waals surface area contributed by atoms with Gasteiger partial charge in [-0.15, -0.1) is 0 Å². The van der Waals surface area contributed by atoms with E-state index in [0.29, 0.717) is 12.0 Å². The van der Waals surface area contributed by atoms with Gasteiger partial charge >= 0.3 is 0 Å². The molecule has 2 heterocycles. The molecule has 1 N–H and O–H groups in total. The Morgan fingerprint density at radius 1 is 0.769 bits per heavy atom. The van der Waals surface area contributed by atoms with Gasteiger partial charge in [-0.25, -0.2) is 0 Å². The normalized spacial score (nSPS) is 19.4. The van der Waals surface area contributed by atoms with Crippen molar-refractivity contribution in [2.24, 2.45) is 0 Å². The molecule has 0 fully saturated rings. The first kappa shape index (κ1) is 22.4. The Morgan fingerprint density at radius 3 is 2.41 bits per heavy atom. The number of aromatic nitrogens is 1. The molecule has 2 unspecified atom stereocenters. The van der Waals surface area contributed by atoms with E-state index in [4.69, 9.17) is 0 Å². The number of nitrogens with one attached hydrogen (secondary N) is 1. The summed E-state index contributed by atoms with van der Waals surface area (Å²) in [5.74, 6) is 0.542. The number of aromatic amines is 1. The standard InChI is InChI=1S/C37H30N2/c1-24-8-7-12-31-32-22-27(16-20-34(32)38-37(24)31)28-17-21-36-33(23-28)30-11-5-6-13-35(30)39(36)29-18-14-26(15-19-29)25-9-3-2-4-10-25/h2-7,9-20,22-24,36,38H,8,21H2,1H3. The minimum absolute atomic E-state index is 0.307. The van der Waals surface area contributed by atoms with Crippen LogP contribution < -0.4 is 4.90 Å². The Labute approximate surface area is 229 Å². The largest absolute Gasteiger partial charge is 0.358 e. The number of allylic oxidation sites excluding steroid dienone is 3. The highest BCUT2D eigenvalue weighted by atomic mass is 15.2. The third-order valence-electron chi connectivity index (χ3n) is 8.74. The molecule has 3 aliphatic rings. The lowest BCUT2D eigenvalue weighted by Crippen LogP contribution is -2.27. The monoisotopic (exact) mass is 502 g/mol. The fraction of sp³-hybridized carbons (Fsp3) is 0.135. The van der Waals surface area contributed by atoms with Gasteiger partial charge in [0.05, 0.1) is 6.04 Å². The highest BCUT2D eigenvalue weighted by Crippen LogP contribution is 2.49. The van der Waals surface area contributed by atoms with E-state index in [1.54, 1.807) is 0 Å². The van der Waals surface area contributed by atoms with Crippen LogP contribution in [0, 0.1) is 0 Å². The summed E-state index contributed by atoms with van der Waals surface area (Å²) < 4.78 is 0. The average molecular weight is 503 g/mol. The minimum atomic E-state index is 0.307. The predicted octanol–water partition coefficient (Wildman–Crippen LogP) is 9.75. The number of anilines is 2. The maximum Gasteiger partial charge on any atom is 0.0633 e. The van der Waals surface area contributed by atoms with E-state index in [0.717, 1.165) is 12.8 Å². The molecule has 2 heteroatoms. The summed E-state index contributed by atoms with van der Waals surface area (Å²) in [5, 5.41) is 1.33. The van der Waals surface area contributed by atoms with E-state index in [-0.39, 0.29) is 0 Å². The summed E-state index contributed by atoms with van der Waals surface area (Å²) in [5.41, 5.74) is 14.4. The average Bonchev–Trinajstić information content (AvgIpc) is 3.54. The lowest BCUT2D eigenvalue weighted by Gasteiger charge is -2.29. The number of hydrogen-bond donors (Lipinski definition) is 1. The second kappa shape index (κ2) is 8.74. The molecule has 8 rings (SSSR count). The zero-order valence-corrected chi connectivity index (χ0v) is 22.1. The van der Waals surface area contributed by atoms with Gasteiger partial charge in [0.1, 0.15) is 0 Å². The first-order chi connectivity index (χ1) is 19.2. The van der Waals surface area contributed by atoms with Crippen LogP contribution >= 0.6 is 0 Å². The third-order valence-corrected chi connectivity index (χ3v) is 8.74. The van der Waals surface area contributed by atoms with Crippen molar-refractivity contribution in [3.8, 4) is 11.1 Å². The van der Waals surface area contributed by atoms with Gasteiger partial charge in [0.2, 0.25) is 0 Å². The van der Waals surface area contributed by atoms with Crippen molar-refractivity contribution in [1.29, 1.82) is 0 Å². The molecule has 2 atom stereocenters. The van der Waals surface area contributed by atoms with Crippen LogP contribution in [0.15, 0.2) is 115 Å². The molecule has 188 valence electrons. The van der Waals surface area contributed by atoms with Gasteiger partial charge in [-0.3, -0.25) is 0 Å². The van der Waals surface area contributed by atoms with Crippen LogP contribution in [0.5, 0.6) is 0 Å². The molecule has 0 saturated heterocycles. The first-order valence-corrected chi connectivity index (χ1v) is 14.0. The van der Waals surface area contributed by atoms with Crippen molar-refractivity contribution in [2.75, 3.05) is 4.90 Å². The zero-order valence-electron chi connectivity index (χ0n) is 22.1. The molecule has 5 aromatic rings. The molecule has 0 spiro atoms. The second-order valence-corrected chi connectivity index (χ2v) is 11.1. The van der Waals surface area contributed by atoms with Crippen LogP contribution in [0.3, 0.4) is 0 Å². The third kappa shape index (κ3) is 3.55. The summed E-state index contributed by atoms with van der Waals surface area (Å²) >= 11 is 0. The van der Waals surface area contributed by atoms with Crippen LogP contribution in [-0.2, 0) is 0 Å². The van der Waals surface area contributed by atoms with Gasteiger partial charge < -0.3 is 9.88 Å². The number of para-hydroxylation sites is 1. The highest BCUT2D eigenvalue weighted by Gasteiger charge is 2.35. The summed E-state index contributed by atoms with van der Waals surface area (Å²) in [6.07, 6.45) is 11.6. The van der Waals surface area contributed by atoms with Gasteiger partial charge in [-0.1, -0.05) is 91.9 Å². The van der Waals surface area contributed by atoms with Crippen molar-refractivity contribution >= 4 is 39.5 Å². The number of nitrogens with zero attached hydrogens (tertiary/aromatic N) is 1. The number of benzene rings is 4. The molecule has 4 aromatic carbocycles. The van der Waals surface area contributed by atoms with Crippen molar-refractivity contribution in [1.82, 2.24) is 4.98 Å². The van der Waals surface area contributed by atoms with E-state index in [2.05, 4.69) is 138 Å². The predicted molar refractivity (Wildman–Crippen MR) is 165 cm³/mol. The van der Waals surface area contributed by atoms with Gasteiger partial charge in [-0.2, -0.15) is 0 Å². The summed E-state index contributed by atoms with van der Waals surface area (Å²) in [6, 6.07) is 35.8. The van der Waals surface area contributed by atoms with Gasteiger partial charge in [-0.05, 0) is 77.1 Å². The zero-order chi connectivity index (χ0) is 25.9. The summed E-state index contributed by atoms with van der Waals surface area (Å²) in [6.45, 7) is 2.31. The van der Waals surface area contributed by atoms with Crippen LogP contribution in [0.1, 0.15) is 48.1 Å². The number of fused-ring (bicyclic) bond motifs is 6. The molecule has 39 heavy (non-hydrogen) atoms. The van der Waals surface area contributed by atoms with E-state index in [1.165, 1.54) is 66.9 Å². The summed E-state index contributed by atoms with van der Waals surface area (Å²) in [4.78, 5) is 6.22. The van der Waals surface area contributed by atoms with Crippen LogP contribution in [0.4, 0.5) is 11.4 Å². The SMILES string of the molecule is CC1CC=Cc2c1[nH]c1ccc(C3=CCC4C(=C3)c3ccccc3N4c3ccc(-c4ccccc4)cc3)cc21. The smallest absolute Gasteiger partial charge is 0.0633 e. The molecule has 2 aliphatic carbocycles. The van der Waals surface area contributed by atoms with Crippen molar-refractivity contribution in [3.05, 3.63) is 138 Å². The maximum absolute atomic E-state index is 3.69. The fourth-order valence-electron chi connectivity index (χ4n) is 6.74. The molecular weight excluding hydrogens is 472 g/mol. The molecular formula is C37H30N2. The van der Waals surface area contributed by atoms with E-state index < -0.39 is 0 Å². The van der Waals surface area contributed by atoms with Crippen LogP contribution in [-0.4, -0.2) is 11.0 Å². The molecule has 2 nitrogen and oxygen atoms in total.